The van der Waals surface area contributed by atoms with Crippen molar-refractivity contribution in [3.63, 3.8) is 0 Å². The zero-order valence-corrected chi connectivity index (χ0v) is 13.7. The Morgan fingerprint density at radius 2 is 2.14 bits per heavy atom. The minimum absolute atomic E-state index is 0.175. The number of piperidine rings is 1. The highest BCUT2D eigenvalue weighted by Gasteiger charge is 2.28. The molecule has 2 fully saturated rings. The molecule has 2 aliphatic rings. The highest BCUT2D eigenvalue weighted by Crippen LogP contribution is 2.32. The molecule has 4 nitrogen and oxygen atoms in total. The summed E-state index contributed by atoms with van der Waals surface area (Å²) in [5.41, 5.74) is 7.90. The largest absolute Gasteiger partial charge is 0.368 e. The molecule has 1 aliphatic carbocycles. The third kappa shape index (κ3) is 3.58. The van der Waals surface area contributed by atoms with Crippen molar-refractivity contribution in [2.75, 3.05) is 11.4 Å². The lowest BCUT2D eigenvalue weighted by Crippen LogP contribution is -2.48. The summed E-state index contributed by atoms with van der Waals surface area (Å²) in [6.07, 6.45) is 5.64. The smallest absolute Gasteiger partial charge is 0.240 e. The molecule has 1 aliphatic heterocycles. The third-order valence-corrected chi connectivity index (χ3v) is 4.96. The fraction of sp³-hybridized carbons (Fsp3) is 0.562. The molecular formula is C16H22BrN3O. The molecule has 5 heteroatoms. The molecule has 0 bridgehead atoms. The number of nitrogens with zero attached hydrogens (tertiary/aromatic N) is 1. The molecule has 0 aromatic heterocycles. The van der Waals surface area contributed by atoms with Crippen molar-refractivity contribution in [1.29, 1.82) is 0 Å². The van der Waals surface area contributed by atoms with Crippen molar-refractivity contribution in [3.05, 3.63) is 28.2 Å². The fourth-order valence-corrected chi connectivity index (χ4v) is 3.61. The molecule has 114 valence electrons. The standard InChI is InChI=1S/C16H22BrN3O/c17-13-9-11(10-19-12-5-6-12)4-7-14(13)20-8-2-1-3-15(20)16(18)21/h4,7,9,12,15,19H,1-3,5-6,8,10H2,(H2,18,21). The highest BCUT2D eigenvalue weighted by molar-refractivity contribution is 9.10. The van der Waals surface area contributed by atoms with Crippen molar-refractivity contribution >= 4 is 27.5 Å². The molecule has 21 heavy (non-hydrogen) atoms. The van der Waals surface area contributed by atoms with Gasteiger partial charge >= 0.3 is 0 Å². The van der Waals surface area contributed by atoms with E-state index in [1.807, 2.05) is 0 Å². The van der Waals surface area contributed by atoms with Gasteiger partial charge in [0.05, 0.1) is 5.69 Å². The lowest BCUT2D eigenvalue weighted by Gasteiger charge is -2.36. The number of carbonyl (C=O) groups excluding carboxylic acids is 1. The second-order valence-corrected chi connectivity index (χ2v) is 6.90. The van der Waals surface area contributed by atoms with Crippen LogP contribution in [0.3, 0.4) is 0 Å². The molecule has 1 saturated carbocycles. The summed E-state index contributed by atoms with van der Waals surface area (Å²) in [5, 5.41) is 3.52. The van der Waals surface area contributed by atoms with E-state index in [-0.39, 0.29) is 11.9 Å². The number of hydrogen-bond donors (Lipinski definition) is 2. The van der Waals surface area contributed by atoms with Gasteiger partial charge in [-0.2, -0.15) is 0 Å². The van der Waals surface area contributed by atoms with Crippen LogP contribution in [-0.4, -0.2) is 24.5 Å². The van der Waals surface area contributed by atoms with E-state index in [2.05, 4.69) is 44.3 Å². The SMILES string of the molecule is NC(=O)C1CCCCN1c1ccc(CNC2CC2)cc1Br. The summed E-state index contributed by atoms with van der Waals surface area (Å²) >= 11 is 3.66. The minimum Gasteiger partial charge on any atom is -0.368 e. The van der Waals surface area contributed by atoms with Crippen LogP contribution in [-0.2, 0) is 11.3 Å². The number of carbonyl (C=O) groups is 1. The van der Waals surface area contributed by atoms with Gasteiger partial charge in [0.1, 0.15) is 6.04 Å². The first kappa shape index (κ1) is 14.9. The first-order chi connectivity index (χ1) is 10.1. The molecule has 1 saturated heterocycles. The van der Waals surface area contributed by atoms with Gasteiger partial charge in [0.15, 0.2) is 0 Å². The maximum absolute atomic E-state index is 11.7. The van der Waals surface area contributed by atoms with Crippen LogP contribution in [0.4, 0.5) is 5.69 Å². The Kier molecular flexibility index (Phi) is 4.50. The molecule has 1 amide bonds. The Morgan fingerprint density at radius 3 is 2.81 bits per heavy atom. The van der Waals surface area contributed by atoms with Crippen LogP contribution in [0, 0.1) is 0 Å². The topological polar surface area (TPSA) is 58.4 Å². The quantitative estimate of drug-likeness (QED) is 0.856. The summed E-state index contributed by atoms with van der Waals surface area (Å²) in [6.45, 7) is 1.80. The minimum atomic E-state index is -0.221. The number of rotatable bonds is 5. The number of primary amides is 1. The predicted molar refractivity (Wildman–Crippen MR) is 88.2 cm³/mol. The van der Waals surface area contributed by atoms with Crippen LogP contribution in [0.1, 0.15) is 37.7 Å². The third-order valence-electron chi connectivity index (χ3n) is 4.32. The van der Waals surface area contributed by atoms with Crippen molar-refractivity contribution in [2.24, 2.45) is 5.73 Å². The van der Waals surface area contributed by atoms with E-state index >= 15 is 0 Å². The number of nitrogens with one attached hydrogen (secondary N) is 1. The molecule has 1 unspecified atom stereocenters. The number of anilines is 1. The predicted octanol–water partition coefficient (Wildman–Crippen LogP) is 2.55. The zero-order chi connectivity index (χ0) is 14.8. The number of hydrogen-bond acceptors (Lipinski definition) is 3. The fourth-order valence-electron chi connectivity index (χ4n) is 2.96. The second kappa shape index (κ2) is 6.36. The van der Waals surface area contributed by atoms with Gasteiger partial charge in [0.2, 0.25) is 5.91 Å². The van der Waals surface area contributed by atoms with Crippen LogP contribution in [0.25, 0.3) is 0 Å². The van der Waals surface area contributed by atoms with E-state index < -0.39 is 0 Å². The van der Waals surface area contributed by atoms with Crippen molar-refractivity contribution < 1.29 is 4.79 Å². The van der Waals surface area contributed by atoms with E-state index in [4.69, 9.17) is 5.73 Å². The summed E-state index contributed by atoms with van der Waals surface area (Å²) in [4.78, 5) is 13.8. The van der Waals surface area contributed by atoms with Crippen LogP contribution >= 0.6 is 15.9 Å². The Balaban J connectivity index is 1.75. The van der Waals surface area contributed by atoms with Gasteiger partial charge in [-0.05, 0) is 65.7 Å². The van der Waals surface area contributed by atoms with Gasteiger partial charge in [-0.25, -0.2) is 0 Å². The van der Waals surface area contributed by atoms with E-state index in [1.165, 1.54) is 18.4 Å². The first-order valence-corrected chi connectivity index (χ1v) is 8.52. The van der Waals surface area contributed by atoms with Crippen LogP contribution < -0.4 is 16.0 Å². The molecule has 3 rings (SSSR count). The second-order valence-electron chi connectivity index (χ2n) is 6.05. The summed E-state index contributed by atoms with van der Waals surface area (Å²) < 4.78 is 1.05. The molecule has 1 aromatic rings. The highest BCUT2D eigenvalue weighted by atomic mass is 79.9. The van der Waals surface area contributed by atoms with E-state index in [1.54, 1.807) is 0 Å². The van der Waals surface area contributed by atoms with Crippen molar-refractivity contribution in [3.8, 4) is 0 Å². The first-order valence-electron chi connectivity index (χ1n) is 7.73. The van der Waals surface area contributed by atoms with Gasteiger partial charge in [-0.15, -0.1) is 0 Å². The number of amides is 1. The maximum Gasteiger partial charge on any atom is 0.240 e. The maximum atomic E-state index is 11.7. The molecule has 1 aromatic carbocycles. The van der Waals surface area contributed by atoms with Crippen molar-refractivity contribution in [2.45, 2.75) is 50.7 Å². The van der Waals surface area contributed by atoms with Gasteiger partial charge in [-0.3, -0.25) is 4.79 Å². The summed E-state index contributed by atoms with van der Waals surface area (Å²) in [6, 6.07) is 6.93. The Hall–Kier alpha value is -1.07. The van der Waals surface area contributed by atoms with Gasteiger partial charge in [0, 0.05) is 23.6 Å². The van der Waals surface area contributed by atoms with Crippen molar-refractivity contribution in [1.82, 2.24) is 5.32 Å². The van der Waals surface area contributed by atoms with Crippen LogP contribution in [0.15, 0.2) is 22.7 Å². The van der Waals surface area contributed by atoms with Gasteiger partial charge in [0.25, 0.3) is 0 Å². The molecule has 3 N–H and O–H groups in total. The monoisotopic (exact) mass is 351 g/mol. The average Bonchev–Trinajstić information content (AvgIpc) is 3.29. The molecule has 1 atom stereocenters. The number of nitrogens with two attached hydrogens (primary N) is 1. The van der Waals surface area contributed by atoms with Gasteiger partial charge < -0.3 is 16.0 Å². The Morgan fingerprint density at radius 1 is 1.33 bits per heavy atom. The van der Waals surface area contributed by atoms with Gasteiger partial charge in [-0.1, -0.05) is 6.07 Å². The molecule has 1 heterocycles. The summed E-state index contributed by atoms with van der Waals surface area (Å²) in [7, 11) is 0. The van der Waals surface area contributed by atoms with Crippen LogP contribution in [0.5, 0.6) is 0 Å². The lowest BCUT2D eigenvalue weighted by molar-refractivity contribution is -0.119. The number of halogens is 1. The van der Waals surface area contributed by atoms with E-state index in [0.717, 1.165) is 42.5 Å². The molecule has 0 spiro atoms. The Bertz CT molecular complexity index is 530. The average molecular weight is 352 g/mol. The van der Waals surface area contributed by atoms with E-state index in [9.17, 15) is 4.79 Å². The number of benzene rings is 1. The normalized spacial score (nSPS) is 22.3. The van der Waals surface area contributed by atoms with E-state index in [0.29, 0.717) is 6.04 Å². The molecular weight excluding hydrogens is 330 g/mol. The Labute approximate surface area is 134 Å². The molecule has 0 radical (unpaired) electrons. The zero-order valence-electron chi connectivity index (χ0n) is 12.1. The summed E-state index contributed by atoms with van der Waals surface area (Å²) in [5.74, 6) is -0.221. The lowest BCUT2D eigenvalue weighted by atomic mass is 10.0. The van der Waals surface area contributed by atoms with Crippen LogP contribution in [0.2, 0.25) is 0 Å².